The van der Waals surface area contributed by atoms with E-state index in [1.54, 1.807) is 5.43 Å². The molecule has 0 amide bonds. The summed E-state index contributed by atoms with van der Waals surface area (Å²) in [6, 6.07) is 1.96. The maximum absolute atomic E-state index is 12.6. The first-order chi connectivity index (χ1) is 7.93. The monoisotopic (exact) mass is 250 g/mol. The van der Waals surface area contributed by atoms with Gasteiger partial charge in [0.25, 0.3) is 0 Å². The highest BCUT2D eigenvalue weighted by atomic mass is 19.4. The zero-order chi connectivity index (χ0) is 13.1. The van der Waals surface area contributed by atoms with E-state index < -0.39 is 12.2 Å². The zero-order valence-corrected chi connectivity index (χ0v) is 9.34. The summed E-state index contributed by atoms with van der Waals surface area (Å²) in [6.45, 7) is 0. The molecule has 0 fully saturated rings. The molecule has 0 heterocycles. The second-order valence-corrected chi connectivity index (χ2v) is 3.26. The van der Waals surface area contributed by atoms with Crippen LogP contribution >= 0.6 is 0 Å². The Balaban J connectivity index is 3.14. The van der Waals surface area contributed by atoms with Crippen LogP contribution in [0.15, 0.2) is 18.2 Å². The molecule has 0 saturated carbocycles. The Hall–Kier alpha value is -1.47. The molecule has 1 atom stereocenters. The molecule has 1 aromatic carbocycles. The first-order valence-corrected chi connectivity index (χ1v) is 4.68. The minimum Gasteiger partial charge on any atom is -0.493 e. The van der Waals surface area contributed by atoms with Crippen LogP contribution in [0.2, 0.25) is 0 Å². The normalized spacial score (nSPS) is 13.3. The number of nitrogens with one attached hydrogen (secondary N) is 1. The van der Waals surface area contributed by atoms with Crippen LogP contribution < -0.4 is 20.7 Å². The predicted molar refractivity (Wildman–Crippen MR) is 55.7 cm³/mol. The molecule has 4 nitrogen and oxygen atoms in total. The molecule has 96 valence electrons. The van der Waals surface area contributed by atoms with Crippen molar-refractivity contribution in [2.75, 3.05) is 14.2 Å². The van der Waals surface area contributed by atoms with E-state index in [9.17, 15) is 13.2 Å². The Morgan fingerprint density at radius 2 is 1.76 bits per heavy atom. The molecular formula is C10H13F3N2O2. The minimum absolute atomic E-state index is 0.0438. The summed E-state index contributed by atoms with van der Waals surface area (Å²) in [5, 5.41) is 0. The lowest BCUT2D eigenvalue weighted by atomic mass is 10.1. The lowest BCUT2D eigenvalue weighted by Gasteiger charge is -2.20. The number of rotatable bonds is 4. The van der Waals surface area contributed by atoms with E-state index in [1.165, 1.54) is 32.4 Å². The Bertz CT molecular complexity index is 382. The highest BCUT2D eigenvalue weighted by Gasteiger charge is 2.40. The third kappa shape index (κ3) is 3.01. The van der Waals surface area contributed by atoms with Crippen molar-refractivity contribution in [1.29, 1.82) is 0 Å². The predicted octanol–water partition coefficient (Wildman–Crippen LogP) is 1.77. The van der Waals surface area contributed by atoms with Crippen LogP contribution in [0.3, 0.4) is 0 Å². The molecule has 0 aliphatic heterocycles. The summed E-state index contributed by atoms with van der Waals surface area (Å²) in [6.07, 6.45) is -4.48. The second kappa shape index (κ2) is 5.24. The molecule has 0 bridgehead atoms. The van der Waals surface area contributed by atoms with Crippen molar-refractivity contribution in [3.63, 3.8) is 0 Å². The number of halogens is 3. The van der Waals surface area contributed by atoms with Crippen molar-refractivity contribution in [2.45, 2.75) is 12.2 Å². The summed E-state index contributed by atoms with van der Waals surface area (Å²) < 4.78 is 47.7. The largest absolute Gasteiger partial charge is 0.493 e. The van der Waals surface area contributed by atoms with Crippen LogP contribution in [0.25, 0.3) is 0 Å². The van der Waals surface area contributed by atoms with E-state index in [1.807, 2.05) is 0 Å². The third-order valence-corrected chi connectivity index (χ3v) is 2.23. The van der Waals surface area contributed by atoms with Gasteiger partial charge in [0.1, 0.15) is 6.04 Å². The number of hydrazine groups is 1. The van der Waals surface area contributed by atoms with Gasteiger partial charge >= 0.3 is 6.18 Å². The van der Waals surface area contributed by atoms with E-state index >= 15 is 0 Å². The first-order valence-electron chi connectivity index (χ1n) is 4.68. The van der Waals surface area contributed by atoms with Crippen LogP contribution in [-0.4, -0.2) is 20.4 Å². The minimum atomic E-state index is -4.48. The van der Waals surface area contributed by atoms with E-state index in [2.05, 4.69) is 0 Å². The van der Waals surface area contributed by atoms with Crippen molar-refractivity contribution in [1.82, 2.24) is 5.43 Å². The van der Waals surface area contributed by atoms with Gasteiger partial charge in [0.15, 0.2) is 11.5 Å². The molecule has 1 rings (SSSR count). The Morgan fingerprint density at radius 3 is 2.18 bits per heavy atom. The molecule has 3 N–H and O–H groups in total. The fourth-order valence-electron chi connectivity index (χ4n) is 1.41. The summed E-state index contributed by atoms with van der Waals surface area (Å²) in [5.41, 5.74) is 1.68. The number of hydrogen-bond acceptors (Lipinski definition) is 4. The SMILES string of the molecule is COc1ccc(C(NN)C(F)(F)F)cc1OC. The van der Waals surface area contributed by atoms with E-state index in [-0.39, 0.29) is 11.3 Å². The Kier molecular flexibility index (Phi) is 4.19. The third-order valence-electron chi connectivity index (χ3n) is 2.23. The smallest absolute Gasteiger partial charge is 0.409 e. The summed E-state index contributed by atoms with van der Waals surface area (Å²) in [4.78, 5) is 0. The molecule has 17 heavy (non-hydrogen) atoms. The topological polar surface area (TPSA) is 56.5 Å². The van der Waals surface area contributed by atoms with E-state index in [0.717, 1.165) is 0 Å². The van der Waals surface area contributed by atoms with Crippen LogP contribution in [0, 0.1) is 0 Å². The number of nitrogens with two attached hydrogens (primary N) is 1. The fraction of sp³-hybridized carbons (Fsp3) is 0.400. The second-order valence-electron chi connectivity index (χ2n) is 3.26. The molecule has 1 unspecified atom stereocenters. The maximum atomic E-state index is 12.6. The molecule has 0 aliphatic rings. The van der Waals surface area contributed by atoms with Gasteiger partial charge in [0.05, 0.1) is 14.2 Å². The van der Waals surface area contributed by atoms with Gasteiger partial charge in [0, 0.05) is 0 Å². The molecule has 0 saturated heterocycles. The zero-order valence-electron chi connectivity index (χ0n) is 9.34. The molecule has 0 radical (unpaired) electrons. The van der Waals surface area contributed by atoms with Crippen LogP contribution in [0.1, 0.15) is 11.6 Å². The van der Waals surface area contributed by atoms with Gasteiger partial charge in [-0.3, -0.25) is 5.84 Å². The van der Waals surface area contributed by atoms with Gasteiger partial charge in [-0.1, -0.05) is 6.07 Å². The maximum Gasteiger partial charge on any atom is 0.409 e. The fourth-order valence-corrected chi connectivity index (χ4v) is 1.41. The molecular weight excluding hydrogens is 237 g/mol. The number of methoxy groups -OCH3 is 2. The lowest BCUT2D eigenvalue weighted by molar-refractivity contribution is -0.157. The first kappa shape index (κ1) is 13.6. The highest BCUT2D eigenvalue weighted by Crippen LogP contribution is 2.36. The van der Waals surface area contributed by atoms with Gasteiger partial charge in [-0.25, -0.2) is 5.43 Å². The van der Waals surface area contributed by atoms with Crippen LogP contribution in [0.4, 0.5) is 13.2 Å². The van der Waals surface area contributed by atoms with E-state index in [4.69, 9.17) is 15.3 Å². The highest BCUT2D eigenvalue weighted by molar-refractivity contribution is 5.44. The molecule has 0 aliphatic carbocycles. The summed E-state index contributed by atoms with van der Waals surface area (Å²) in [5.74, 6) is 5.48. The molecule has 0 aromatic heterocycles. The number of benzene rings is 1. The van der Waals surface area contributed by atoms with Crippen molar-refractivity contribution in [2.24, 2.45) is 5.84 Å². The standard InChI is InChI=1S/C10H13F3N2O2/c1-16-7-4-3-6(5-8(7)17-2)9(15-14)10(11,12)13/h3-5,9,15H,14H2,1-2H3. The van der Waals surface area contributed by atoms with Crippen molar-refractivity contribution >= 4 is 0 Å². The quantitative estimate of drug-likeness (QED) is 0.631. The lowest BCUT2D eigenvalue weighted by Crippen LogP contribution is -2.38. The van der Waals surface area contributed by atoms with Gasteiger partial charge in [-0.05, 0) is 17.7 Å². The summed E-state index contributed by atoms with van der Waals surface area (Å²) in [7, 11) is 2.75. The average Bonchev–Trinajstić information content (AvgIpc) is 2.27. The van der Waals surface area contributed by atoms with Crippen molar-refractivity contribution in [3.05, 3.63) is 23.8 Å². The Labute approximate surface area is 96.5 Å². The number of hydrogen-bond donors (Lipinski definition) is 2. The molecule has 7 heteroatoms. The van der Waals surface area contributed by atoms with Crippen molar-refractivity contribution in [3.8, 4) is 11.5 Å². The van der Waals surface area contributed by atoms with Crippen molar-refractivity contribution < 1.29 is 22.6 Å². The van der Waals surface area contributed by atoms with Gasteiger partial charge < -0.3 is 9.47 Å². The summed E-state index contributed by atoms with van der Waals surface area (Å²) >= 11 is 0. The van der Waals surface area contributed by atoms with Gasteiger partial charge in [0.2, 0.25) is 0 Å². The van der Waals surface area contributed by atoms with E-state index in [0.29, 0.717) is 5.75 Å². The van der Waals surface area contributed by atoms with Gasteiger partial charge in [-0.15, -0.1) is 0 Å². The average molecular weight is 250 g/mol. The Morgan fingerprint density at radius 1 is 1.18 bits per heavy atom. The van der Waals surface area contributed by atoms with Gasteiger partial charge in [-0.2, -0.15) is 13.2 Å². The number of ether oxygens (including phenoxy) is 2. The van der Waals surface area contributed by atoms with Crippen LogP contribution in [0.5, 0.6) is 11.5 Å². The number of alkyl halides is 3. The molecule has 1 aromatic rings. The molecule has 0 spiro atoms. The van der Waals surface area contributed by atoms with Crippen LogP contribution in [-0.2, 0) is 0 Å².